The molecule has 1 unspecified atom stereocenters. The number of hydrogen-bond donors (Lipinski definition) is 0. The van der Waals surface area contributed by atoms with Gasteiger partial charge in [-0.25, -0.2) is 0 Å². The quantitative estimate of drug-likeness (QED) is 0.796. The third-order valence-electron chi connectivity index (χ3n) is 3.17. The van der Waals surface area contributed by atoms with E-state index < -0.39 is 0 Å². The summed E-state index contributed by atoms with van der Waals surface area (Å²) in [7, 11) is 0. The molecule has 1 atom stereocenters. The summed E-state index contributed by atoms with van der Waals surface area (Å²) in [5, 5.41) is 0. The Hall–Kier alpha value is -1.96. The highest BCUT2D eigenvalue weighted by Crippen LogP contribution is 2.28. The lowest BCUT2D eigenvalue weighted by Gasteiger charge is -2.26. The normalized spacial score (nSPS) is 17.7. The van der Waals surface area contributed by atoms with Crippen molar-refractivity contribution in [3.63, 3.8) is 0 Å². The lowest BCUT2D eigenvalue weighted by Crippen LogP contribution is -2.28. The van der Waals surface area contributed by atoms with Crippen LogP contribution in [0.25, 0.3) is 0 Å². The number of benzene rings is 2. The second kappa shape index (κ2) is 4.73. The number of rotatable bonds is 2. The largest absolute Gasteiger partial charge is 0.455 e. The monoisotopic (exact) mass is 240 g/mol. The third-order valence-corrected chi connectivity index (χ3v) is 3.17. The van der Waals surface area contributed by atoms with E-state index in [2.05, 4.69) is 13.0 Å². The Balaban J connectivity index is 1.71. The van der Waals surface area contributed by atoms with Crippen molar-refractivity contribution in [2.24, 2.45) is 0 Å². The molecule has 18 heavy (non-hydrogen) atoms. The molecule has 0 aromatic heterocycles. The molecule has 0 aliphatic carbocycles. The van der Waals surface area contributed by atoms with Crippen LogP contribution < -0.4 is 9.47 Å². The summed E-state index contributed by atoms with van der Waals surface area (Å²) in [5.74, 6) is 1.81. The Labute approximate surface area is 107 Å². The first-order valence-electron chi connectivity index (χ1n) is 6.29. The van der Waals surface area contributed by atoms with Gasteiger partial charge in [-0.2, -0.15) is 0 Å². The minimum Gasteiger partial charge on any atom is -0.455 e. The predicted molar refractivity (Wildman–Crippen MR) is 71.0 cm³/mol. The molecule has 92 valence electrons. The molecule has 2 aromatic rings. The molecule has 2 aromatic carbocycles. The molecule has 1 aliphatic heterocycles. The van der Waals surface area contributed by atoms with E-state index in [1.165, 1.54) is 11.1 Å². The summed E-state index contributed by atoms with van der Waals surface area (Å²) in [5.41, 5.74) is 2.50. The Morgan fingerprint density at radius 1 is 1.06 bits per heavy atom. The fraction of sp³-hybridized carbons (Fsp3) is 0.250. The Kier molecular flexibility index (Phi) is 2.93. The fourth-order valence-corrected chi connectivity index (χ4v) is 2.15. The van der Waals surface area contributed by atoms with Crippen LogP contribution in [-0.4, -0.2) is 6.29 Å². The van der Waals surface area contributed by atoms with Gasteiger partial charge in [-0.3, -0.25) is 0 Å². The van der Waals surface area contributed by atoms with Gasteiger partial charge in [0.25, 0.3) is 0 Å². The van der Waals surface area contributed by atoms with Crippen LogP contribution in [0.15, 0.2) is 48.5 Å². The molecule has 0 saturated heterocycles. The van der Waals surface area contributed by atoms with Gasteiger partial charge in [0.1, 0.15) is 11.5 Å². The van der Waals surface area contributed by atoms with Crippen LogP contribution in [0.2, 0.25) is 0 Å². The second-order valence-electron chi connectivity index (χ2n) is 4.62. The summed E-state index contributed by atoms with van der Waals surface area (Å²) >= 11 is 0. The topological polar surface area (TPSA) is 18.5 Å². The average Bonchev–Trinajstić information content (AvgIpc) is 2.41. The Morgan fingerprint density at radius 3 is 2.67 bits per heavy atom. The van der Waals surface area contributed by atoms with Crippen LogP contribution in [0.5, 0.6) is 11.5 Å². The minimum atomic E-state index is -0.178. The molecular formula is C16H16O2. The van der Waals surface area contributed by atoms with E-state index in [0.717, 1.165) is 24.3 Å². The number of hydrogen-bond acceptors (Lipinski definition) is 2. The van der Waals surface area contributed by atoms with E-state index in [1.807, 2.05) is 42.5 Å². The van der Waals surface area contributed by atoms with Gasteiger partial charge in [0.2, 0.25) is 6.29 Å². The highest BCUT2D eigenvalue weighted by atomic mass is 16.7. The van der Waals surface area contributed by atoms with E-state index in [0.29, 0.717) is 0 Å². The van der Waals surface area contributed by atoms with Crippen LogP contribution in [0, 0.1) is 6.92 Å². The summed E-state index contributed by atoms with van der Waals surface area (Å²) in [6.45, 7) is 2.07. The number of fused-ring (bicyclic) bond motifs is 1. The van der Waals surface area contributed by atoms with Gasteiger partial charge in [0.15, 0.2) is 0 Å². The van der Waals surface area contributed by atoms with E-state index in [4.69, 9.17) is 9.47 Å². The van der Waals surface area contributed by atoms with Crippen LogP contribution in [-0.2, 0) is 6.42 Å². The standard InChI is InChI=1S/C16H16O2/c1-12-6-9-14(10-7-12)17-16-11-8-13-4-2-3-5-15(13)18-16/h2-7,9-10,16H,8,11H2,1H3. The maximum Gasteiger partial charge on any atom is 0.241 e. The third kappa shape index (κ3) is 2.33. The van der Waals surface area contributed by atoms with E-state index in [9.17, 15) is 0 Å². The highest BCUT2D eigenvalue weighted by Gasteiger charge is 2.20. The average molecular weight is 240 g/mol. The summed E-state index contributed by atoms with van der Waals surface area (Å²) in [6, 6.07) is 16.2. The summed E-state index contributed by atoms with van der Waals surface area (Å²) in [6.07, 6.45) is 1.72. The maximum atomic E-state index is 5.84. The van der Waals surface area contributed by atoms with Crippen molar-refractivity contribution in [2.45, 2.75) is 26.1 Å². The maximum absolute atomic E-state index is 5.84. The molecule has 0 spiro atoms. The van der Waals surface area contributed by atoms with Gasteiger partial charge in [-0.1, -0.05) is 35.9 Å². The van der Waals surface area contributed by atoms with Crippen molar-refractivity contribution in [1.29, 1.82) is 0 Å². The molecule has 1 aliphatic rings. The molecule has 0 amide bonds. The molecule has 0 bridgehead atoms. The van der Waals surface area contributed by atoms with Gasteiger partial charge < -0.3 is 9.47 Å². The van der Waals surface area contributed by atoms with Crippen molar-refractivity contribution in [2.75, 3.05) is 0 Å². The van der Waals surface area contributed by atoms with Crippen molar-refractivity contribution in [3.05, 3.63) is 59.7 Å². The highest BCUT2D eigenvalue weighted by molar-refractivity contribution is 5.35. The van der Waals surface area contributed by atoms with Crippen molar-refractivity contribution < 1.29 is 9.47 Å². The summed E-state index contributed by atoms with van der Waals surface area (Å²) < 4.78 is 11.7. The lowest BCUT2D eigenvalue weighted by molar-refractivity contribution is -0.00979. The zero-order valence-corrected chi connectivity index (χ0v) is 10.4. The summed E-state index contributed by atoms with van der Waals surface area (Å²) in [4.78, 5) is 0. The van der Waals surface area contributed by atoms with Crippen molar-refractivity contribution >= 4 is 0 Å². The molecule has 3 rings (SSSR count). The van der Waals surface area contributed by atoms with Gasteiger partial charge in [0.05, 0.1) is 0 Å². The van der Waals surface area contributed by atoms with E-state index >= 15 is 0 Å². The Bertz CT molecular complexity index is 531. The van der Waals surface area contributed by atoms with E-state index in [1.54, 1.807) is 0 Å². The zero-order valence-electron chi connectivity index (χ0n) is 10.4. The smallest absolute Gasteiger partial charge is 0.241 e. The first kappa shape index (κ1) is 11.1. The molecule has 1 heterocycles. The van der Waals surface area contributed by atoms with Gasteiger partial charge in [-0.05, 0) is 37.1 Å². The Morgan fingerprint density at radius 2 is 1.83 bits per heavy atom. The zero-order chi connectivity index (χ0) is 12.4. The molecule has 0 fully saturated rings. The van der Waals surface area contributed by atoms with Gasteiger partial charge in [-0.15, -0.1) is 0 Å². The number of para-hydroxylation sites is 1. The molecule has 2 heteroatoms. The first-order chi connectivity index (χ1) is 8.81. The van der Waals surface area contributed by atoms with Crippen LogP contribution in [0.1, 0.15) is 17.5 Å². The SMILES string of the molecule is Cc1ccc(OC2CCc3ccccc3O2)cc1. The van der Waals surface area contributed by atoms with Gasteiger partial charge >= 0.3 is 0 Å². The van der Waals surface area contributed by atoms with Crippen molar-refractivity contribution in [1.82, 2.24) is 0 Å². The number of ether oxygens (including phenoxy) is 2. The first-order valence-corrected chi connectivity index (χ1v) is 6.29. The molecular weight excluding hydrogens is 224 g/mol. The minimum absolute atomic E-state index is 0.178. The van der Waals surface area contributed by atoms with Crippen LogP contribution in [0.4, 0.5) is 0 Å². The van der Waals surface area contributed by atoms with Gasteiger partial charge in [0, 0.05) is 6.42 Å². The van der Waals surface area contributed by atoms with Crippen LogP contribution in [0.3, 0.4) is 0 Å². The lowest BCUT2D eigenvalue weighted by atomic mass is 10.1. The molecule has 0 saturated carbocycles. The second-order valence-corrected chi connectivity index (χ2v) is 4.62. The fourth-order valence-electron chi connectivity index (χ4n) is 2.15. The number of aryl methyl sites for hydroxylation is 2. The molecule has 0 N–H and O–H groups in total. The van der Waals surface area contributed by atoms with Crippen LogP contribution >= 0.6 is 0 Å². The van der Waals surface area contributed by atoms with E-state index in [-0.39, 0.29) is 6.29 Å². The molecule has 0 radical (unpaired) electrons. The van der Waals surface area contributed by atoms with Crippen molar-refractivity contribution in [3.8, 4) is 11.5 Å². The molecule has 2 nitrogen and oxygen atoms in total. The predicted octanol–water partition coefficient (Wildman–Crippen LogP) is 3.73.